The quantitative estimate of drug-likeness (QED) is 0.846. The number of carbonyl (C=O) groups excluding carboxylic acids is 1. The molecule has 1 aliphatic carbocycles. The highest BCUT2D eigenvalue weighted by Crippen LogP contribution is 2.28. The van der Waals surface area contributed by atoms with Crippen LogP contribution < -0.4 is 11.1 Å². The summed E-state index contributed by atoms with van der Waals surface area (Å²) >= 11 is 1.85. The summed E-state index contributed by atoms with van der Waals surface area (Å²) < 4.78 is 0. The van der Waals surface area contributed by atoms with E-state index in [9.17, 15) is 4.79 Å². The van der Waals surface area contributed by atoms with E-state index in [1.54, 1.807) is 0 Å². The summed E-state index contributed by atoms with van der Waals surface area (Å²) in [7, 11) is 0. The number of aryl methyl sites for hydroxylation is 1. The van der Waals surface area contributed by atoms with Gasteiger partial charge in [0.2, 0.25) is 5.91 Å². The number of carbonyl (C=O) groups is 1. The standard InChI is InChI=1S/C16H24N2OS/c1-20-15-9-5-8-14(15)18-16(19)13(17)11-10-12-6-3-2-4-7-12/h2-4,6-7,13-15H,5,8-11,17H2,1H3,(H,18,19)/t13-,14?,15?/m0/s1. The maximum Gasteiger partial charge on any atom is 0.237 e. The second kappa shape index (κ2) is 7.70. The van der Waals surface area contributed by atoms with Crippen molar-refractivity contribution in [3.8, 4) is 0 Å². The van der Waals surface area contributed by atoms with Crippen molar-refractivity contribution in [3.63, 3.8) is 0 Å². The van der Waals surface area contributed by atoms with E-state index >= 15 is 0 Å². The van der Waals surface area contributed by atoms with Crippen molar-refractivity contribution < 1.29 is 4.79 Å². The fourth-order valence-corrected chi connectivity index (χ4v) is 3.70. The molecule has 0 aromatic heterocycles. The van der Waals surface area contributed by atoms with E-state index in [0.29, 0.717) is 17.7 Å². The molecule has 1 saturated carbocycles. The molecular formula is C16H24N2OS. The molecular weight excluding hydrogens is 268 g/mol. The number of thioether (sulfide) groups is 1. The Hall–Kier alpha value is -1.00. The van der Waals surface area contributed by atoms with Crippen molar-refractivity contribution in [1.29, 1.82) is 0 Å². The van der Waals surface area contributed by atoms with Crippen molar-refractivity contribution in [2.45, 2.75) is 49.4 Å². The monoisotopic (exact) mass is 292 g/mol. The Morgan fingerprint density at radius 1 is 1.40 bits per heavy atom. The van der Waals surface area contributed by atoms with Gasteiger partial charge in [-0.05, 0) is 37.5 Å². The minimum absolute atomic E-state index is 0.00637. The second-order valence-corrected chi connectivity index (χ2v) is 6.53. The minimum atomic E-state index is -0.404. The third-order valence-electron chi connectivity index (χ3n) is 4.01. The maximum absolute atomic E-state index is 12.1. The van der Waals surface area contributed by atoms with Crippen molar-refractivity contribution in [3.05, 3.63) is 35.9 Å². The van der Waals surface area contributed by atoms with E-state index in [1.807, 2.05) is 30.0 Å². The van der Waals surface area contributed by atoms with Crippen LogP contribution in [0.25, 0.3) is 0 Å². The Morgan fingerprint density at radius 3 is 2.85 bits per heavy atom. The van der Waals surface area contributed by atoms with Crippen LogP contribution in [-0.4, -0.2) is 29.5 Å². The van der Waals surface area contributed by atoms with Gasteiger partial charge in [-0.15, -0.1) is 0 Å². The third-order valence-corrected chi connectivity index (χ3v) is 5.18. The van der Waals surface area contributed by atoms with Gasteiger partial charge in [-0.1, -0.05) is 36.8 Å². The molecule has 0 spiro atoms. The largest absolute Gasteiger partial charge is 0.351 e. The van der Waals surface area contributed by atoms with Gasteiger partial charge in [-0.2, -0.15) is 11.8 Å². The van der Waals surface area contributed by atoms with Gasteiger partial charge >= 0.3 is 0 Å². The number of hydrogen-bond acceptors (Lipinski definition) is 3. The van der Waals surface area contributed by atoms with Gasteiger partial charge in [0, 0.05) is 11.3 Å². The molecule has 3 N–H and O–H groups in total. The van der Waals surface area contributed by atoms with Crippen molar-refractivity contribution in [2.24, 2.45) is 5.73 Å². The van der Waals surface area contributed by atoms with E-state index in [4.69, 9.17) is 5.73 Å². The molecule has 0 aliphatic heterocycles. The summed E-state index contributed by atoms with van der Waals surface area (Å²) in [6.45, 7) is 0. The van der Waals surface area contributed by atoms with Gasteiger partial charge in [0.25, 0.3) is 0 Å². The van der Waals surface area contributed by atoms with Gasteiger partial charge in [-0.3, -0.25) is 4.79 Å². The summed E-state index contributed by atoms with van der Waals surface area (Å²) in [4.78, 5) is 12.1. The molecule has 2 unspecified atom stereocenters. The molecule has 20 heavy (non-hydrogen) atoms. The molecule has 1 fully saturated rings. The van der Waals surface area contributed by atoms with E-state index < -0.39 is 6.04 Å². The first-order chi connectivity index (χ1) is 9.70. The van der Waals surface area contributed by atoms with Crippen molar-refractivity contribution in [1.82, 2.24) is 5.32 Å². The Bertz CT molecular complexity index is 424. The maximum atomic E-state index is 12.1. The van der Waals surface area contributed by atoms with Gasteiger partial charge in [0.15, 0.2) is 0 Å². The number of nitrogens with one attached hydrogen (secondary N) is 1. The molecule has 0 heterocycles. The number of rotatable bonds is 6. The highest BCUT2D eigenvalue weighted by molar-refractivity contribution is 7.99. The lowest BCUT2D eigenvalue weighted by molar-refractivity contribution is -0.123. The van der Waals surface area contributed by atoms with Crippen LogP contribution >= 0.6 is 11.8 Å². The van der Waals surface area contributed by atoms with Crippen molar-refractivity contribution in [2.75, 3.05) is 6.26 Å². The predicted molar refractivity (Wildman–Crippen MR) is 85.8 cm³/mol. The lowest BCUT2D eigenvalue weighted by Gasteiger charge is -2.21. The average Bonchev–Trinajstić information content (AvgIpc) is 2.93. The smallest absolute Gasteiger partial charge is 0.237 e. The summed E-state index contributed by atoms with van der Waals surface area (Å²) in [6, 6.07) is 10.1. The Balaban J connectivity index is 1.77. The fraction of sp³-hybridized carbons (Fsp3) is 0.562. The molecule has 1 aromatic rings. The summed E-state index contributed by atoms with van der Waals surface area (Å²) in [5.41, 5.74) is 7.25. The zero-order chi connectivity index (χ0) is 14.4. The first-order valence-electron chi connectivity index (χ1n) is 7.33. The molecule has 0 radical (unpaired) electrons. The molecule has 0 bridgehead atoms. The zero-order valence-corrected chi connectivity index (χ0v) is 12.9. The van der Waals surface area contributed by atoms with Crippen LogP contribution in [-0.2, 0) is 11.2 Å². The summed E-state index contributed by atoms with van der Waals surface area (Å²) in [5, 5.41) is 3.69. The van der Waals surface area contributed by atoms with Crippen LogP contribution in [0.15, 0.2) is 30.3 Å². The topological polar surface area (TPSA) is 55.1 Å². The van der Waals surface area contributed by atoms with Crippen LogP contribution in [0.5, 0.6) is 0 Å². The van der Waals surface area contributed by atoms with E-state index in [2.05, 4.69) is 23.7 Å². The minimum Gasteiger partial charge on any atom is -0.351 e. The Morgan fingerprint density at radius 2 is 2.15 bits per heavy atom. The Labute approximate surface area is 125 Å². The molecule has 1 aliphatic rings. The highest BCUT2D eigenvalue weighted by Gasteiger charge is 2.28. The highest BCUT2D eigenvalue weighted by atomic mass is 32.2. The summed E-state index contributed by atoms with van der Waals surface area (Å²) in [6.07, 6.45) is 7.16. The molecule has 1 aromatic carbocycles. The van der Waals surface area contributed by atoms with Crippen LogP contribution in [0.4, 0.5) is 0 Å². The van der Waals surface area contributed by atoms with E-state index in [1.165, 1.54) is 18.4 Å². The third kappa shape index (κ3) is 4.25. The normalized spacial score (nSPS) is 23.5. The number of amides is 1. The molecule has 0 saturated heterocycles. The first-order valence-corrected chi connectivity index (χ1v) is 8.62. The van der Waals surface area contributed by atoms with Gasteiger partial charge in [0.1, 0.15) is 0 Å². The van der Waals surface area contributed by atoms with Crippen molar-refractivity contribution >= 4 is 17.7 Å². The lowest BCUT2D eigenvalue weighted by Crippen LogP contribution is -2.47. The molecule has 3 nitrogen and oxygen atoms in total. The van der Waals surface area contributed by atoms with E-state index in [-0.39, 0.29) is 5.91 Å². The van der Waals surface area contributed by atoms with Gasteiger partial charge < -0.3 is 11.1 Å². The van der Waals surface area contributed by atoms with Gasteiger partial charge in [-0.25, -0.2) is 0 Å². The van der Waals surface area contributed by atoms with Crippen LogP contribution in [0.1, 0.15) is 31.2 Å². The molecule has 4 heteroatoms. The lowest BCUT2D eigenvalue weighted by atomic mass is 10.0. The summed E-state index contributed by atoms with van der Waals surface area (Å²) in [5.74, 6) is 0.00637. The predicted octanol–water partition coefficient (Wildman–Crippen LogP) is 2.35. The Kier molecular flexibility index (Phi) is 5.92. The number of nitrogens with two attached hydrogens (primary N) is 1. The SMILES string of the molecule is CSC1CCCC1NC(=O)[C@@H](N)CCc1ccccc1. The fourth-order valence-electron chi connectivity index (χ4n) is 2.76. The van der Waals surface area contributed by atoms with Gasteiger partial charge in [0.05, 0.1) is 6.04 Å². The number of benzene rings is 1. The van der Waals surface area contributed by atoms with Crippen LogP contribution in [0.2, 0.25) is 0 Å². The molecule has 1 amide bonds. The molecule has 2 rings (SSSR count). The molecule has 110 valence electrons. The van der Waals surface area contributed by atoms with Crippen LogP contribution in [0, 0.1) is 0 Å². The zero-order valence-electron chi connectivity index (χ0n) is 12.0. The number of hydrogen-bond donors (Lipinski definition) is 2. The average molecular weight is 292 g/mol. The first kappa shape index (κ1) is 15.4. The molecule has 3 atom stereocenters. The van der Waals surface area contributed by atoms with E-state index in [0.717, 1.165) is 12.8 Å². The second-order valence-electron chi connectivity index (χ2n) is 5.45. The van der Waals surface area contributed by atoms with Crippen LogP contribution in [0.3, 0.4) is 0 Å².